The Morgan fingerprint density at radius 3 is 2.29 bits per heavy atom. The summed E-state index contributed by atoms with van der Waals surface area (Å²) >= 11 is 6.13. The topological polar surface area (TPSA) is 47.6 Å². The molecule has 2 aromatic rings. The molecule has 0 fully saturated rings. The van der Waals surface area contributed by atoms with E-state index < -0.39 is 0 Å². The third-order valence-electron chi connectivity index (χ3n) is 3.60. The molecule has 0 unspecified atom stereocenters. The number of rotatable bonds is 7. The molecule has 2 rings (SSSR count). The third kappa shape index (κ3) is 5.17. The quantitative estimate of drug-likeness (QED) is 0.734. The maximum atomic E-state index is 11.9. The van der Waals surface area contributed by atoms with Crippen molar-refractivity contribution in [3.63, 3.8) is 0 Å². The highest BCUT2D eigenvalue weighted by Crippen LogP contribution is 2.26. The molecule has 0 radical (unpaired) electrons. The fourth-order valence-electron chi connectivity index (χ4n) is 2.31. The fraction of sp³-hybridized carbons (Fsp3) is 0.316. The molecule has 0 aliphatic heterocycles. The molecule has 0 bridgehead atoms. The van der Waals surface area contributed by atoms with Crippen LogP contribution in [-0.2, 0) is 4.79 Å². The van der Waals surface area contributed by atoms with Crippen molar-refractivity contribution in [1.29, 1.82) is 0 Å². The molecule has 0 spiro atoms. The van der Waals surface area contributed by atoms with Crippen LogP contribution in [0.5, 0.6) is 11.5 Å². The van der Waals surface area contributed by atoms with Gasteiger partial charge < -0.3 is 14.8 Å². The van der Waals surface area contributed by atoms with E-state index in [1.807, 2.05) is 50.2 Å². The predicted molar refractivity (Wildman–Crippen MR) is 97.3 cm³/mol. The lowest BCUT2D eigenvalue weighted by atomic mass is 10.1. The molecule has 0 heterocycles. The summed E-state index contributed by atoms with van der Waals surface area (Å²) in [6.45, 7) is 4.38. The number of carbonyl (C=O) groups is 1. The smallest absolute Gasteiger partial charge is 0.224 e. The van der Waals surface area contributed by atoms with Gasteiger partial charge in [-0.25, -0.2) is 0 Å². The molecule has 1 N–H and O–H groups in total. The molecule has 5 heteroatoms. The number of amides is 1. The summed E-state index contributed by atoms with van der Waals surface area (Å²) in [5.74, 6) is 1.51. The van der Waals surface area contributed by atoms with E-state index in [0.717, 1.165) is 33.3 Å². The molecule has 128 valence electrons. The molecule has 4 nitrogen and oxygen atoms in total. The molecule has 24 heavy (non-hydrogen) atoms. The SMILES string of the molecule is COc1ccc(NC(=O)CCCOc2cc(C)c(Cl)c(C)c2)cc1. The minimum absolute atomic E-state index is 0.0350. The van der Waals surface area contributed by atoms with Gasteiger partial charge in [-0.1, -0.05) is 11.6 Å². The lowest BCUT2D eigenvalue weighted by Gasteiger charge is -2.10. The van der Waals surface area contributed by atoms with Crippen molar-refractivity contribution in [1.82, 2.24) is 0 Å². The molecular weight excluding hydrogens is 326 g/mol. The number of hydrogen-bond donors (Lipinski definition) is 1. The average molecular weight is 348 g/mol. The van der Waals surface area contributed by atoms with E-state index in [0.29, 0.717) is 19.4 Å². The summed E-state index contributed by atoms with van der Waals surface area (Å²) in [5.41, 5.74) is 2.73. The van der Waals surface area contributed by atoms with Crippen LogP contribution in [0.4, 0.5) is 5.69 Å². The lowest BCUT2D eigenvalue weighted by Crippen LogP contribution is -2.12. The first-order valence-corrected chi connectivity index (χ1v) is 8.21. The highest BCUT2D eigenvalue weighted by atomic mass is 35.5. The Morgan fingerprint density at radius 2 is 1.71 bits per heavy atom. The number of anilines is 1. The molecular formula is C19H22ClNO3. The largest absolute Gasteiger partial charge is 0.497 e. The normalized spacial score (nSPS) is 10.3. The minimum atomic E-state index is -0.0350. The van der Waals surface area contributed by atoms with Gasteiger partial charge in [-0.15, -0.1) is 0 Å². The molecule has 0 aliphatic carbocycles. The Labute approximate surface area is 147 Å². The van der Waals surface area contributed by atoms with Gasteiger partial charge in [0.25, 0.3) is 0 Å². The number of nitrogens with one attached hydrogen (secondary N) is 1. The Morgan fingerprint density at radius 1 is 1.08 bits per heavy atom. The van der Waals surface area contributed by atoms with Gasteiger partial charge in [-0.3, -0.25) is 4.79 Å². The van der Waals surface area contributed by atoms with Gasteiger partial charge >= 0.3 is 0 Å². The first-order chi connectivity index (χ1) is 11.5. The summed E-state index contributed by atoms with van der Waals surface area (Å²) in [6.07, 6.45) is 1.04. The molecule has 0 saturated heterocycles. The lowest BCUT2D eigenvalue weighted by molar-refractivity contribution is -0.116. The molecule has 0 aliphatic rings. The fourth-order valence-corrected chi connectivity index (χ4v) is 2.42. The number of halogens is 1. The van der Waals surface area contributed by atoms with Crippen LogP contribution >= 0.6 is 11.6 Å². The van der Waals surface area contributed by atoms with Crippen LogP contribution in [0.25, 0.3) is 0 Å². The number of hydrogen-bond acceptors (Lipinski definition) is 3. The van der Waals surface area contributed by atoms with E-state index in [1.54, 1.807) is 7.11 Å². The maximum absolute atomic E-state index is 11.9. The number of aryl methyl sites for hydroxylation is 2. The Balaban J connectivity index is 1.74. The number of ether oxygens (including phenoxy) is 2. The minimum Gasteiger partial charge on any atom is -0.497 e. The third-order valence-corrected chi connectivity index (χ3v) is 4.20. The van der Waals surface area contributed by atoms with Crippen molar-refractivity contribution in [3.05, 3.63) is 52.5 Å². The summed E-state index contributed by atoms with van der Waals surface area (Å²) in [4.78, 5) is 11.9. The second kappa shape index (κ2) is 8.60. The molecule has 0 atom stereocenters. The van der Waals surface area contributed by atoms with Gasteiger partial charge in [0.1, 0.15) is 11.5 Å². The van der Waals surface area contributed by atoms with Crippen molar-refractivity contribution < 1.29 is 14.3 Å². The number of methoxy groups -OCH3 is 1. The van der Waals surface area contributed by atoms with E-state index in [2.05, 4.69) is 5.32 Å². The zero-order valence-electron chi connectivity index (χ0n) is 14.2. The van der Waals surface area contributed by atoms with Crippen LogP contribution < -0.4 is 14.8 Å². The van der Waals surface area contributed by atoms with Crippen molar-refractivity contribution in [2.24, 2.45) is 0 Å². The first-order valence-electron chi connectivity index (χ1n) is 7.83. The highest BCUT2D eigenvalue weighted by Gasteiger charge is 2.05. The summed E-state index contributed by atoms with van der Waals surface area (Å²) in [5, 5.41) is 3.62. The molecule has 0 aromatic heterocycles. The van der Waals surface area contributed by atoms with E-state index >= 15 is 0 Å². The summed E-state index contributed by atoms with van der Waals surface area (Å²) in [6, 6.07) is 11.1. The van der Waals surface area contributed by atoms with Crippen LogP contribution in [-0.4, -0.2) is 19.6 Å². The van der Waals surface area contributed by atoms with Gasteiger partial charge in [0.2, 0.25) is 5.91 Å². The van der Waals surface area contributed by atoms with Gasteiger partial charge in [0, 0.05) is 17.1 Å². The number of benzene rings is 2. The molecule has 1 amide bonds. The summed E-state index contributed by atoms with van der Waals surface area (Å²) in [7, 11) is 1.61. The van der Waals surface area contributed by atoms with Crippen molar-refractivity contribution in [2.45, 2.75) is 26.7 Å². The van der Waals surface area contributed by atoms with Gasteiger partial charge in [0.15, 0.2) is 0 Å². The van der Waals surface area contributed by atoms with Crippen LogP contribution in [0.3, 0.4) is 0 Å². The Hall–Kier alpha value is -2.20. The van der Waals surface area contributed by atoms with Crippen LogP contribution in [0.2, 0.25) is 5.02 Å². The van der Waals surface area contributed by atoms with Gasteiger partial charge in [-0.05, 0) is 67.8 Å². The van der Waals surface area contributed by atoms with Crippen LogP contribution in [0, 0.1) is 13.8 Å². The van der Waals surface area contributed by atoms with E-state index in [1.165, 1.54) is 0 Å². The maximum Gasteiger partial charge on any atom is 0.224 e. The number of carbonyl (C=O) groups excluding carboxylic acids is 1. The zero-order valence-corrected chi connectivity index (χ0v) is 14.9. The predicted octanol–water partition coefficient (Wildman–Crippen LogP) is 4.76. The Bertz CT molecular complexity index is 675. The zero-order chi connectivity index (χ0) is 17.5. The second-order valence-electron chi connectivity index (χ2n) is 5.60. The standard InChI is InChI=1S/C19H22ClNO3/c1-13-11-17(12-14(2)19(13)20)24-10-4-5-18(22)21-15-6-8-16(23-3)9-7-15/h6-9,11-12H,4-5,10H2,1-3H3,(H,21,22). The molecule has 0 saturated carbocycles. The van der Waals surface area contributed by atoms with Crippen LogP contribution in [0.15, 0.2) is 36.4 Å². The van der Waals surface area contributed by atoms with E-state index in [4.69, 9.17) is 21.1 Å². The van der Waals surface area contributed by atoms with Gasteiger partial charge in [0.05, 0.1) is 13.7 Å². The molecule has 2 aromatic carbocycles. The second-order valence-corrected chi connectivity index (χ2v) is 5.98. The monoisotopic (exact) mass is 347 g/mol. The van der Waals surface area contributed by atoms with Crippen molar-refractivity contribution in [2.75, 3.05) is 19.0 Å². The average Bonchev–Trinajstić information content (AvgIpc) is 2.57. The highest BCUT2D eigenvalue weighted by molar-refractivity contribution is 6.32. The van der Waals surface area contributed by atoms with Crippen molar-refractivity contribution in [3.8, 4) is 11.5 Å². The van der Waals surface area contributed by atoms with Crippen LogP contribution in [0.1, 0.15) is 24.0 Å². The van der Waals surface area contributed by atoms with E-state index in [9.17, 15) is 4.79 Å². The Kier molecular flexibility index (Phi) is 6.50. The summed E-state index contributed by atoms with van der Waals surface area (Å²) < 4.78 is 10.8. The first kappa shape index (κ1) is 18.1. The van der Waals surface area contributed by atoms with Gasteiger partial charge in [-0.2, -0.15) is 0 Å². The van der Waals surface area contributed by atoms with E-state index in [-0.39, 0.29) is 5.91 Å². The van der Waals surface area contributed by atoms with Crippen molar-refractivity contribution >= 4 is 23.2 Å².